The van der Waals surface area contributed by atoms with Crippen LogP contribution >= 0.6 is 11.7 Å². The molecule has 0 atom stereocenters. The molecule has 1 rings (SSSR count). The molecule has 0 aliphatic heterocycles. The van der Waals surface area contributed by atoms with Crippen molar-refractivity contribution >= 4 is 23.4 Å². The topological polar surface area (TPSA) is 49.8 Å². The van der Waals surface area contributed by atoms with E-state index >= 15 is 0 Å². The van der Waals surface area contributed by atoms with Gasteiger partial charge in [-0.15, -0.1) is 0 Å². The van der Waals surface area contributed by atoms with Gasteiger partial charge < -0.3 is 10.6 Å². The maximum atomic E-state index is 4.12. The van der Waals surface area contributed by atoms with Crippen LogP contribution in [0.5, 0.6) is 0 Å². The van der Waals surface area contributed by atoms with Crippen LogP contribution in [0.15, 0.2) is 0 Å². The van der Waals surface area contributed by atoms with E-state index in [4.69, 9.17) is 0 Å². The number of anilines is 2. The van der Waals surface area contributed by atoms with Gasteiger partial charge >= 0.3 is 0 Å². The SMILES string of the molecule is CCCCNc1nsnc1NC. The number of hydrogen-bond donors (Lipinski definition) is 2. The van der Waals surface area contributed by atoms with Gasteiger partial charge in [-0.3, -0.25) is 0 Å². The van der Waals surface area contributed by atoms with Gasteiger partial charge in [-0.05, 0) is 6.42 Å². The van der Waals surface area contributed by atoms with Crippen molar-refractivity contribution in [3.05, 3.63) is 0 Å². The minimum Gasteiger partial charge on any atom is -0.369 e. The van der Waals surface area contributed by atoms with Gasteiger partial charge in [0.1, 0.15) is 0 Å². The third kappa shape index (κ3) is 2.34. The Labute approximate surface area is 76.7 Å². The molecule has 0 aliphatic rings. The van der Waals surface area contributed by atoms with Crippen molar-refractivity contribution in [3.8, 4) is 0 Å². The molecule has 0 saturated carbocycles. The molecule has 0 spiro atoms. The molecule has 0 aliphatic carbocycles. The van der Waals surface area contributed by atoms with Gasteiger partial charge in [-0.1, -0.05) is 13.3 Å². The molecule has 5 heteroatoms. The summed E-state index contributed by atoms with van der Waals surface area (Å²) < 4.78 is 8.19. The van der Waals surface area contributed by atoms with Crippen LogP contribution in [0.2, 0.25) is 0 Å². The van der Waals surface area contributed by atoms with Gasteiger partial charge in [-0.25, -0.2) is 0 Å². The molecule has 0 saturated heterocycles. The monoisotopic (exact) mass is 186 g/mol. The van der Waals surface area contributed by atoms with E-state index in [-0.39, 0.29) is 0 Å². The Bertz CT molecular complexity index is 223. The Kier molecular flexibility index (Phi) is 3.79. The van der Waals surface area contributed by atoms with Gasteiger partial charge in [0.25, 0.3) is 0 Å². The Morgan fingerprint density at radius 3 is 2.75 bits per heavy atom. The third-order valence-electron chi connectivity index (χ3n) is 1.55. The number of rotatable bonds is 5. The Morgan fingerprint density at radius 1 is 1.33 bits per heavy atom. The second-order valence-electron chi connectivity index (χ2n) is 2.49. The highest BCUT2D eigenvalue weighted by Gasteiger charge is 2.03. The molecule has 0 radical (unpaired) electrons. The lowest BCUT2D eigenvalue weighted by Gasteiger charge is -2.02. The van der Waals surface area contributed by atoms with Crippen LogP contribution in [0.25, 0.3) is 0 Å². The van der Waals surface area contributed by atoms with E-state index in [1.165, 1.54) is 24.6 Å². The van der Waals surface area contributed by atoms with Crippen molar-refractivity contribution in [1.29, 1.82) is 0 Å². The lowest BCUT2D eigenvalue weighted by molar-refractivity contribution is 0.832. The van der Waals surface area contributed by atoms with Crippen LogP contribution in [-0.2, 0) is 0 Å². The molecular formula is C7H14N4S. The first-order chi connectivity index (χ1) is 5.88. The van der Waals surface area contributed by atoms with E-state index in [2.05, 4.69) is 26.3 Å². The summed E-state index contributed by atoms with van der Waals surface area (Å²) in [6.07, 6.45) is 2.36. The zero-order chi connectivity index (χ0) is 8.81. The van der Waals surface area contributed by atoms with Crippen LogP contribution in [0.1, 0.15) is 19.8 Å². The summed E-state index contributed by atoms with van der Waals surface area (Å²) in [6.45, 7) is 3.14. The molecule has 4 nitrogen and oxygen atoms in total. The molecule has 1 aromatic heterocycles. The fourth-order valence-corrected chi connectivity index (χ4v) is 1.39. The standard InChI is InChI=1S/C7H14N4S/c1-3-4-5-9-7-6(8-2)10-12-11-7/h3-5H2,1-2H3,(H,8,10)(H,9,11). The first-order valence-corrected chi connectivity index (χ1v) is 4.85. The molecule has 68 valence electrons. The summed E-state index contributed by atoms with van der Waals surface area (Å²) >= 11 is 1.22. The van der Waals surface area contributed by atoms with Crippen molar-refractivity contribution in [1.82, 2.24) is 8.75 Å². The van der Waals surface area contributed by atoms with Gasteiger partial charge in [-0.2, -0.15) is 8.75 Å². The van der Waals surface area contributed by atoms with Crippen molar-refractivity contribution in [2.24, 2.45) is 0 Å². The minimum atomic E-state index is 0.844. The summed E-state index contributed by atoms with van der Waals surface area (Å²) in [4.78, 5) is 0. The molecule has 2 N–H and O–H groups in total. The van der Waals surface area contributed by atoms with Gasteiger partial charge in [0.15, 0.2) is 11.6 Å². The molecule has 0 aromatic carbocycles. The van der Waals surface area contributed by atoms with E-state index in [1.807, 2.05) is 7.05 Å². The van der Waals surface area contributed by atoms with Crippen molar-refractivity contribution < 1.29 is 0 Å². The minimum absolute atomic E-state index is 0.844. The average molecular weight is 186 g/mol. The molecule has 0 bridgehead atoms. The summed E-state index contributed by atoms with van der Waals surface area (Å²) in [5, 5.41) is 6.20. The van der Waals surface area contributed by atoms with Gasteiger partial charge in [0.05, 0.1) is 11.7 Å². The van der Waals surface area contributed by atoms with E-state index < -0.39 is 0 Å². The summed E-state index contributed by atoms with van der Waals surface area (Å²) in [5.41, 5.74) is 0. The molecular weight excluding hydrogens is 172 g/mol. The molecule has 0 fully saturated rings. The zero-order valence-electron chi connectivity index (χ0n) is 7.42. The second kappa shape index (κ2) is 4.92. The highest BCUT2D eigenvalue weighted by molar-refractivity contribution is 6.99. The third-order valence-corrected chi connectivity index (χ3v) is 2.08. The Hall–Kier alpha value is -0.840. The first-order valence-electron chi connectivity index (χ1n) is 4.12. The van der Waals surface area contributed by atoms with E-state index in [0.29, 0.717) is 0 Å². The van der Waals surface area contributed by atoms with E-state index in [1.54, 1.807) is 0 Å². The summed E-state index contributed by atoms with van der Waals surface area (Å²) in [5.74, 6) is 1.71. The number of aromatic nitrogens is 2. The molecule has 0 amide bonds. The van der Waals surface area contributed by atoms with Crippen LogP contribution < -0.4 is 10.6 Å². The number of unbranched alkanes of at least 4 members (excludes halogenated alkanes) is 1. The molecule has 1 heterocycles. The number of nitrogens with one attached hydrogen (secondary N) is 2. The zero-order valence-corrected chi connectivity index (χ0v) is 8.24. The predicted octanol–water partition coefficient (Wildman–Crippen LogP) is 1.79. The highest BCUT2D eigenvalue weighted by Crippen LogP contribution is 2.16. The quantitative estimate of drug-likeness (QED) is 0.688. The van der Waals surface area contributed by atoms with Crippen molar-refractivity contribution in [2.75, 3.05) is 24.2 Å². The van der Waals surface area contributed by atoms with Crippen LogP contribution in [0.3, 0.4) is 0 Å². The second-order valence-corrected chi connectivity index (χ2v) is 3.02. The van der Waals surface area contributed by atoms with E-state index in [0.717, 1.165) is 18.2 Å². The lowest BCUT2D eigenvalue weighted by atomic mass is 10.3. The largest absolute Gasteiger partial charge is 0.369 e. The fourth-order valence-electron chi connectivity index (χ4n) is 0.852. The average Bonchev–Trinajstić information content (AvgIpc) is 2.52. The van der Waals surface area contributed by atoms with E-state index in [9.17, 15) is 0 Å². The maximum absolute atomic E-state index is 4.12. The summed E-state index contributed by atoms with van der Waals surface area (Å²) in [7, 11) is 1.85. The number of nitrogens with zero attached hydrogens (tertiary/aromatic N) is 2. The Balaban J connectivity index is 2.39. The highest BCUT2D eigenvalue weighted by atomic mass is 32.1. The van der Waals surface area contributed by atoms with Crippen LogP contribution in [0, 0.1) is 0 Å². The fraction of sp³-hybridized carbons (Fsp3) is 0.714. The first kappa shape index (κ1) is 9.25. The van der Waals surface area contributed by atoms with Crippen LogP contribution in [-0.4, -0.2) is 22.3 Å². The normalized spacial score (nSPS) is 9.83. The van der Waals surface area contributed by atoms with Crippen molar-refractivity contribution in [3.63, 3.8) is 0 Å². The number of hydrogen-bond acceptors (Lipinski definition) is 5. The van der Waals surface area contributed by atoms with Crippen molar-refractivity contribution in [2.45, 2.75) is 19.8 Å². The van der Waals surface area contributed by atoms with Gasteiger partial charge in [0, 0.05) is 13.6 Å². The molecule has 0 unspecified atom stereocenters. The predicted molar refractivity (Wildman–Crippen MR) is 52.9 cm³/mol. The van der Waals surface area contributed by atoms with Crippen LogP contribution in [0.4, 0.5) is 11.6 Å². The smallest absolute Gasteiger partial charge is 0.184 e. The molecule has 1 aromatic rings. The lowest BCUT2D eigenvalue weighted by Crippen LogP contribution is -2.03. The summed E-state index contributed by atoms with van der Waals surface area (Å²) in [6, 6.07) is 0. The molecule has 12 heavy (non-hydrogen) atoms. The Morgan fingerprint density at radius 2 is 2.08 bits per heavy atom. The van der Waals surface area contributed by atoms with Gasteiger partial charge in [0.2, 0.25) is 0 Å². The maximum Gasteiger partial charge on any atom is 0.184 e.